The Morgan fingerprint density at radius 1 is 0.912 bits per heavy atom. The van der Waals surface area contributed by atoms with Crippen LogP contribution in [-0.2, 0) is 19.1 Å². The summed E-state index contributed by atoms with van der Waals surface area (Å²) in [5, 5.41) is 0. The average molecular weight is 474 g/mol. The van der Waals surface area contributed by atoms with Crippen molar-refractivity contribution in [3.63, 3.8) is 0 Å². The third kappa shape index (κ3) is 9.32. The van der Waals surface area contributed by atoms with Gasteiger partial charge in [-0.25, -0.2) is 4.79 Å². The molecule has 34 heavy (non-hydrogen) atoms. The van der Waals surface area contributed by atoms with Gasteiger partial charge in [-0.05, 0) is 31.4 Å². The van der Waals surface area contributed by atoms with Gasteiger partial charge < -0.3 is 14.4 Å². The molecule has 190 valence electrons. The van der Waals surface area contributed by atoms with Gasteiger partial charge in [-0.1, -0.05) is 90.2 Å². The number of carbonyl (C=O) groups excluding carboxylic acids is 3. The molecule has 0 saturated carbocycles. The highest BCUT2D eigenvalue weighted by Gasteiger charge is 2.46. The molecule has 1 amide bonds. The summed E-state index contributed by atoms with van der Waals surface area (Å²) < 4.78 is 11.0. The zero-order valence-corrected chi connectivity index (χ0v) is 21.4. The van der Waals surface area contributed by atoms with E-state index >= 15 is 0 Å². The van der Waals surface area contributed by atoms with Gasteiger partial charge in [0.05, 0.1) is 6.54 Å². The Morgan fingerprint density at radius 2 is 1.56 bits per heavy atom. The van der Waals surface area contributed by atoms with Gasteiger partial charge in [0.15, 0.2) is 0 Å². The summed E-state index contributed by atoms with van der Waals surface area (Å²) in [6.07, 6.45) is 9.44. The first-order valence-electron chi connectivity index (χ1n) is 12.8. The van der Waals surface area contributed by atoms with Crippen molar-refractivity contribution in [3.8, 4) is 0 Å². The lowest BCUT2D eigenvalue weighted by atomic mass is 9.85. The number of hydrogen-bond donors (Lipinski definition) is 0. The van der Waals surface area contributed by atoms with Gasteiger partial charge in [0.1, 0.15) is 18.8 Å². The first-order valence-corrected chi connectivity index (χ1v) is 12.8. The van der Waals surface area contributed by atoms with Crippen molar-refractivity contribution in [1.82, 2.24) is 4.90 Å². The summed E-state index contributed by atoms with van der Waals surface area (Å²) in [7, 11) is 0. The highest BCUT2D eigenvalue weighted by atomic mass is 16.5. The van der Waals surface area contributed by atoms with E-state index in [1.807, 2.05) is 19.9 Å². The topological polar surface area (TPSA) is 72.9 Å². The number of hydrogen-bond acceptors (Lipinski definition) is 5. The molecule has 0 saturated heterocycles. The lowest BCUT2D eigenvalue weighted by molar-refractivity contribution is -0.157. The predicted molar refractivity (Wildman–Crippen MR) is 136 cm³/mol. The van der Waals surface area contributed by atoms with E-state index in [1.165, 1.54) is 12.5 Å². The fraction of sp³-hybridized carbons (Fsp3) is 0.607. The summed E-state index contributed by atoms with van der Waals surface area (Å²) in [6, 6.07) is 8.89. The molecule has 0 aliphatic rings. The third-order valence-electron chi connectivity index (χ3n) is 5.88. The molecular weight excluding hydrogens is 430 g/mol. The molecular formula is C28H43NO5. The highest BCUT2D eigenvalue weighted by Crippen LogP contribution is 2.31. The highest BCUT2D eigenvalue weighted by molar-refractivity contribution is 5.98. The molecule has 1 aromatic rings. The molecule has 0 unspecified atom stereocenters. The molecule has 0 radical (unpaired) electrons. The third-order valence-corrected chi connectivity index (χ3v) is 5.88. The molecule has 0 fully saturated rings. The van der Waals surface area contributed by atoms with Crippen LogP contribution in [0.1, 0.15) is 95.3 Å². The maximum absolute atomic E-state index is 13.6. The van der Waals surface area contributed by atoms with Crippen LogP contribution in [-0.4, -0.2) is 48.0 Å². The van der Waals surface area contributed by atoms with Crippen LogP contribution in [0.15, 0.2) is 43.0 Å². The van der Waals surface area contributed by atoms with E-state index in [9.17, 15) is 14.4 Å². The summed E-state index contributed by atoms with van der Waals surface area (Å²) >= 11 is 0. The maximum Gasteiger partial charge on any atom is 0.332 e. The molecule has 0 bridgehead atoms. The number of carbonyl (C=O) groups is 3. The fourth-order valence-corrected chi connectivity index (χ4v) is 4.25. The monoisotopic (exact) mass is 473 g/mol. The molecule has 6 nitrogen and oxygen atoms in total. The quantitative estimate of drug-likeness (QED) is 0.146. The summed E-state index contributed by atoms with van der Waals surface area (Å²) in [4.78, 5) is 40.8. The van der Waals surface area contributed by atoms with Crippen LogP contribution >= 0.6 is 0 Å². The SMILES string of the molecule is C=CCOC(=O)C(CCC)(CCC)N(CCOC(=O)CCCCCCC)C(=O)c1ccccc1. The lowest BCUT2D eigenvalue weighted by Crippen LogP contribution is -2.58. The second-order valence-corrected chi connectivity index (χ2v) is 8.63. The number of rotatable bonds is 18. The first kappa shape index (κ1) is 29.4. The molecule has 0 atom stereocenters. The van der Waals surface area contributed by atoms with Crippen molar-refractivity contribution in [2.75, 3.05) is 19.8 Å². The van der Waals surface area contributed by atoms with Gasteiger partial charge in [0.25, 0.3) is 5.91 Å². The van der Waals surface area contributed by atoms with Crippen LogP contribution in [0.25, 0.3) is 0 Å². The van der Waals surface area contributed by atoms with Gasteiger partial charge in [0.2, 0.25) is 0 Å². The second-order valence-electron chi connectivity index (χ2n) is 8.63. The summed E-state index contributed by atoms with van der Waals surface area (Å²) in [5.41, 5.74) is -0.649. The minimum Gasteiger partial charge on any atom is -0.464 e. The number of esters is 2. The van der Waals surface area contributed by atoms with Gasteiger partial charge in [0, 0.05) is 12.0 Å². The van der Waals surface area contributed by atoms with Crippen LogP contribution in [0.4, 0.5) is 0 Å². The fourth-order valence-electron chi connectivity index (χ4n) is 4.25. The van der Waals surface area contributed by atoms with Crippen molar-refractivity contribution < 1.29 is 23.9 Å². The molecule has 0 aliphatic carbocycles. The number of ether oxygens (including phenoxy) is 2. The molecule has 0 heterocycles. The second kappa shape index (κ2) is 16.9. The number of amides is 1. The minimum atomic E-state index is -1.13. The van der Waals surface area contributed by atoms with Crippen LogP contribution in [0.3, 0.4) is 0 Å². The van der Waals surface area contributed by atoms with Crippen molar-refractivity contribution in [1.29, 1.82) is 0 Å². The largest absolute Gasteiger partial charge is 0.464 e. The Hall–Kier alpha value is -2.63. The lowest BCUT2D eigenvalue weighted by Gasteiger charge is -2.42. The minimum absolute atomic E-state index is 0.0380. The summed E-state index contributed by atoms with van der Waals surface area (Å²) in [5.74, 6) is -0.981. The van der Waals surface area contributed by atoms with E-state index < -0.39 is 11.5 Å². The Balaban J connectivity index is 3.07. The van der Waals surface area contributed by atoms with Gasteiger partial charge in [-0.2, -0.15) is 0 Å². The van der Waals surface area contributed by atoms with Crippen LogP contribution in [0.5, 0.6) is 0 Å². The van der Waals surface area contributed by atoms with E-state index in [4.69, 9.17) is 9.47 Å². The number of unbranched alkanes of at least 4 members (excludes halogenated alkanes) is 4. The van der Waals surface area contributed by atoms with Crippen molar-refractivity contribution in [3.05, 3.63) is 48.6 Å². The Kier molecular flexibility index (Phi) is 14.6. The normalized spacial score (nSPS) is 11.0. The summed E-state index contributed by atoms with van der Waals surface area (Å²) in [6.45, 7) is 9.98. The zero-order chi connectivity index (χ0) is 25.2. The Morgan fingerprint density at radius 3 is 2.15 bits per heavy atom. The standard InChI is InChI=1S/C28H43NO5/c1-5-9-10-11-15-18-25(30)33-23-21-29(26(31)24-16-13-12-14-17-24)28(19-6-2,20-7-3)27(32)34-22-8-4/h8,12-14,16-17H,4-7,9-11,15,18-23H2,1-3H3. The molecule has 6 heteroatoms. The van der Waals surface area contributed by atoms with E-state index in [1.54, 1.807) is 29.2 Å². The van der Waals surface area contributed by atoms with Gasteiger partial charge >= 0.3 is 11.9 Å². The smallest absolute Gasteiger partial charge is 0.332 e. The average Bonchev–Trinajstić information content (AvgIpc) is 2.85. The Bertz CT molecular complexity index is 740. The predicted octanol–water partition coefficient (Wildman–Crippen LogP) is 6.10. The van der Waals surface area contributed by atoms with Crippen molar-refractivity contribution >= 4 is 17.8 Å². The molecule has 0 spiro atoms. The van der Waals surface area contributed by atoms with E-state index in [2.05, 4.69) is 13.5 Å². The number of benzene rings is 1. The molecule has 0 aromatic heterocycles. The maximum atomic E-state index is 13.6. The molecule has 1 aromatic carbocycles. The van der Waals surface area contributed by atoms with Gasteiger partial charge in [-0.15, -0.1) is 0 Å². The molecule has 1 rings (SSSR count). The van der Waals surface area contributed by atoms with Crippen molar-refractivity contribution in [2.45, 2.75) is 90.5 Å². The van der Waals surface area contributed by atoms with E-state index in [0.717, 1.165) is 25.7 Å². The van der Waals surface area contributed by atoms with Gasteiger partial charge in [-0.3, -0.25) is 9.59 Å². The van der Waals surface area contributed by atoms with Crippen molar-refractivity contribution in [2.24, 2.45) is 0 Å². The Labute approximate surface area is 205 Å². The molecule has 0 aliphatic heterocycles. The van der Waals surface area contributed by atoms with Crippen LogP contribution < -0.4 is 0 Å². The first-order chi connectivity index (χ1) is 16.5. The van der Waals surface area contributed by atoms with E-state index in [-0.39, 0.29) is 31.6 Å². The van der Waals surface area contributed by atoms with E-state index in [0.29, 0.717) is 37.7 Å². The zero-order valence-electron chi connectivity index (χ0n) is 21.4. The van der Waals surface area contributed by atoms with Crippen LogP contribution in [0.2, 0.25) is 0 Å². The molecule has 0 N–H and O–H groups in total. The van der Waals surface area contributed by atoms with Crippen LogP contribution in [0, 0.1) is 0 Å². The number of nitrogens with zero attached hydrogens (tertiary/aromatic N) is 1.